The molecular formula is C27H26N2O5. The second-order valence-electron chi connectivity index (χ2n) is 8.49. The van der Waals surface area contributed by atoms with E-state index < -0.39 is 17.7 Å². The lowest BCUT2D eigenvalue weighted by atomic mass is 9.93. The standard InChI is InChI=1S/C27H26N2O5/c1-16(2)21-14-19(6-9-22(21)34-3)25(31)23-24(18-4-7-20(30)8-5-18)29(27(33)26(23)32)15-17-10-12-28-13-11-17/h4-14,16,24,30-31H,15H2,1-3H3/b25-23-. The first-order valence-corrected chi connectivity index (χ1v) is 11.0. The number of phenolic OH excluding ortho intramolecular Hbond substituents is 1. The van der Waals surface area contributed by atoms with Crippen molar-refractivity contribution >= 4 is 17.4 Å². The highest BCUT2D eigenvalue weighted by atomic mass is 16.5. The maximum Gasteiger partial charge on any atom is 0.295 e. The topological polar surface area (TPSA) is 100.0 Å². The van der Waals surface area contributed by atoms with Gasteiger partial charge in [0.05, 0.1) is 18.7 Å². The lowest BCUT2D eigenvalue weighted by Crippen LogP contribution is -2.29. The van der Waals surface area contributed by atoms with E-state index in [1.165, 1.54) is 17.0 Å². The molecule has 2 N–H and O–H groups in total. The van der Waals surface area contributed by atoms with E-state index in [2.05, 4.69) is 4.98 Å². The average molecular weight is 459 g/mol. The van der Waals surface area contributed by atoms with Crippen LogP contribution in [0.15, 0.2) is 72.6 Å². The van der Waals surface area contributed by atoms with Crippen molar-refractivity contribution in [3.8, 4) is 11.5 Å². The lowest BCUT2D eigenvalue weighted by molar-refractivity contribution is -0.140. The Morgan fingerprint density at radius 2 is 1.74 bits per heavy atom. The number of aliphatic hydroxyl groups excluding tert-OH is 1. The summed E-state index contributed by atoms with van der Waals surface area (Å²) < 4.78 is 5.43. The predicted molar refractivity (Wildman–Crippen MR) is 127 cm³/mol. The first kappa shape index (κ1) is 23.0. The Bertz CT molecular complexity index is 1250. The van der Waals surface area contributed by atoms with Crippen LogP contribution in [0.25, 0.3) is 5.76 Å². The monoisotopic (exact) mass is 458 g/mol. The van der Waals surface area contributed by atoms with Gasteiger partial charge >= 0.3 is 0 Å². The van der Waals surface area contributed by atoms with Gasteiger partial charge in [0.15, 0.2) is 0 Å². The minimum atomic E-state index is -0.821. The molecule has 34 heavy (non-hydrogen) atoms. The van der Waals surface area contributed by atoms with Crippen LogP contribution in [0.2, 0.25) is 0 Å². The average Bonchev–Trinajstić information content (AvgIpc) is 3.09. The highest BCUT2D eigenvalue weighted by Gasteiger charge is 2.46. The van der Waals surface area contributed by atoms with Crippen molar-refractivity contribution in [1.82, 2.24) is 9.88 Å². The third-order valence-electron chi connectivity index (χ3n) is 5.98. The number of phenols is 1. The fourth-order valence-corrected chi connectivity index (χ4v) is 4.22. The molecule has 7 heteroatoms. The van der Waals surface area contributed by atoms with Gasteiger partial charge in [-0.3, -0.25) is 14.6 Å². The van der Waals surface area contributed by atoms with Gasteiger partial charge in [0.1, 0.15) is 17.3 Å². The minimum absolute atomic E-state index is 0.00428. The van der Waals surface area contributed by atoms with Gasteiger partial charge in [-0.05, 0) is 65.1 Å². The molecule has 0 radical (unpaired) electrons. The van der Waals surface area contributed by atoms with Crippen LogP contribution in [0.4, 0.5) is 0 Å². The van der Waals surface area contributed by atoms with E-state index in [-0.39, 0.29) is 29.5 Å². The van der Waals surface area contributed by atoms with E-state index in [9.17, 15) is 19.8 Å². The molecular weight excluding hydrogens is 432 g/mol. The quantitative estimate of drug-likeness (QED) is 0.320. The summed E-state index contributed by atoms with van der Waals surface area (Å²) in [5.74, 6) is -0.852. The van der Waals surface area contributed by atoms with E-state index in [0.29, 0.717) is 16.9 Å². The predicted octanol–water partition coefficient (Wildman–Crippen LogP) is 4.54. The van der Waals surface area contributed by atoms with Gasteiger partial charge in [-0.2, -0.15) is 0 Å². The fourth-order valence-electron chi connectivity index (χ4n) is 4.22. The zero-order valence-corrected chi connectivity index (χ0v) is 19.2. The van der Waals surface area contributed by atoms with Gasteiger partial charge in [0.25, 0.3) is 11.7 Å². The maximum atomic E-state index is 13.2. The normalized spacial score (nSPS) is 17.4. The highest BCUT2D eigenvalue weighted by molar-refractivity contribution is 6.46. The Balaban J connectivity index is 1.87. The van der Waals surface area contributed by atoms with E-state index in [0.717, 1.165) is 11.1 Å². The summed E-state index contributed by atoms with van der Waals surface area (Å²) in [5.41, 5.74) is 2.70. The first-order chi connectivity index (χ1) is 16.3. The number of carbonyl (C=O) groups is 2. The van der Waals surface area contributed by atoms with Crippen molar-refractivity contribution in [1.29, 1.82) is 0 Å². The Hall–Kier alpha value is -4.13. The van der Waals surface area contributed by atoms with Crippen molar-refractivity contribution in [2.75, 3.05) is 7.11 Å². The number of benzene rings is 2. The summed E-state index contributed by atoms with van der Waals surface area (Å²) in [6.07, 6.45) is 3.23. The lowest BCUT2D eigenvalue weighted by Gasteiger charge is -2.25. The Labute approximate surface area is 198 Å². The van der Waals surface area contributed by atoms with Crippen LogP contribution in [0.1, 0.15) is 48.1 Å². The number of rotatable bonds is 6. The van der Waals surface area contributed by atoms with Crippen molar-refractivity contribution in [2.24, 2.45) is 0 Å². The van der Waals surface area contributed by atoms with Gasteiger partial charge in [-0.25, -0.2) is 0 Å². The number of carbonyl (C=O) groups excluding carboxylic acids is 2. The molecule has 1 saturated heterocycles. The molecule has 0 saturated carbocycles. The van der Waals surface area contributed by atoms with Gasteiger partial charge in [0.2, 0.25) is 0 Å². The Morgan fingerprint density at radius 1 is 1.06 bits per heavy atom. The molecule has 174 valence electrons. The van der Waals surface area contributed by atoms with Crippen molar-refractivity contribution < 1.29 is 24.5 Å². The Morgan fingerprint density at radius 3 is 2.35 bits per heavy atom. The molecule has 2 heterocycles. The number of methoxy groups -OCH3 is 1. The van der Waals surface area contributed by atoms with Crippen LogP contribution in [0.3, 0.4) is 0 Å². The number of hydrogen-bond donors (Lipinski definition) is 2. The number of ether oxygens (including phenoxy) is 1. The summed E-state index contributed by atoms with van der Waals surface area (Å²) in [5, 5.41) is 21.1. The molecule has 1 aromatic heterocycles. The zero-order chi connectivity index (χ0) is 24.4. The van der Waals surface area contributed by atoms with Crippen LogP contribution >= 0.6 is 0 Å². The molecule has 2 aromatic carbocycles. The minimum Gasteiger partial charge on any atom is -0.508 e. The number of hydrogen-bond acceptors (Lipinski definition) is 6. The number of Topliss-reactive ketones (excluding diaryl/α,β-unsaturated/α-hetero) is 1. The molecule has 1 amide bonds. The Kier molecular flexibility index (Phi) is 6.36. The van der Waals surface area contributed by atoms with Crippen LogP contribution in [0, 0.1) is 0 Å². The van der Waals surface area contributed by atoms with Gasteiger partial charge in [0, 0.05) is 24.5 Å². The molecule has 0 spiro atoms. The third kappa shape index (κ3) is 4.24. The number of nitrogens with zero attached hydrogens (tertiary/aromatic N) is 2. The molecule has 1 unspecified atom stereocenters. The largest absolute Gasteiger partial charge is 0.508 e. The van der Waals surface area contributed by atoms with Crippen LogP contribution in [-0.4, -0.2) is 38.9 Å². The number of amides is 1. The SMILES string of the molecule is COc1ccc(/C(O)=C2/C(=O)C(=O)N(Cc3ccncc3)C2c2ccc(O)cc2)cc1C(C)C. The van der Waals surface area contributed by atoms with Crippen molar-refractivity contribution in [3.63, 3.8) is 0 Å². The summed E-state index contributed by atoms with van der Waals surface area (Å²) in [7, 11) is 1.58. The number of ketones is 1. The van der Waals surface area contributed by atoms with Gasteiger partial charge < -0.3 is 19.8 Å². The molecule has 1 aliphatic heterocycles. The highest BCUT2D eigenvalue weighted by Crippen LogP contribution is 2.41. The van der Waals surface area contributed by atoms with E-state index in [1.54, 1.807) is 62.0 Å². The third-order valence-corrected chi connectivity index (χ3v) is 5.98. The molecule has 0 bridgehead atoms. The van der Waals surface area contributed by atoms with Crippen molar-refractivity contribution in [3.05, 3.63) is 94.8 Å². The van der Waals surface area contributed by atoms with Gasteiger partial charge in [-0.15, -0.1) is 0 Å². The maximum absolute atomic E-state index is 13.2. The molecule has 7 nitrogen and oxygen atoms in total. The van der Waals surface area contributed by atoms with Crippen molar-refractivity contribution in [2.45, 2.75) is 32.4 Å². The second-order valence-corrected chi connectivity index (χ2v) is 8.49. The number of likely N-dealkylation sites (tertiary alicyclic amines) is 1. The van der Waals surface area contributed by atoms with Crippen LogP contribution in [-0.2, 0) is 16.1 Å². The number of aliphatic hydroxyl groups is 1. The summed E-state index contributed by atoms with van der Waals surface area (Å²) in [4.78, 5) is 31.8. The van der Waals surface area contributed by atoms with E-state index >= 15 is 0 Å². The summed E-state index contributed by atoms with van der Waals surface area (Å²) >= 11 is 0. The smallest absolute Gasteiger partial charge is 0.295 e. The van der Waals surface area contributed by atoms with E-state index in [4.69, 9.17) is 4.74 Å². The second kappa shape index (κ2) is 9.39. The molecule has 1 atom stereocenters. The van der Waals surface area contributed by atoms with E-state index in [1.807, 2.05) is 13.8 Å². The summed E-state index contributed by atoms with van der Waals surface area (Å²) in [6, 6.07) is 14.2. The molecule has 0 aliphatic carbocycles. The molecule has 1 aliphatic rings. The van der Waals surface area contributed by atoms with Crippen LogP contribution < -0.4 is 4.74 Å². The van der Waals surface area contributed by atoms with Crippen LogP contribution in [0.5, 0.6) is 11.5 Å². The number of aromatic hydroxyl groups is 1. The molecule has 3 aromatic rings. The number of pyridine rings is 1. The van der Waals surface area contributed by atoms with Gasteiger partial charge in [-0.1, -0.05) is 26.0 Å². The zero-order valence-electron chi connectivity index (χ0n) is 19.2. The fraction of sp³-hybridized carbons (Fsp3) is 0.222. The summed E-state index contributed by atoms with van der Waals surface area (Å²) in [6.45, 7) is 4.17. The molecule has 1 fully saturated rings. The number of aromatic nitrogens is 1. The molecule has 4 rings (SSSR count). The first-order valence-electron chi connectivity index (χ1n) is 11.0.